The van der Waals surface area contributed by atoms with Gasteiger partial charge in [-0.25, -0.2) is 4.98 Å². The number of nitriles is 1. The van der Waals surface area contributed by atoms with Crippen LogP contribution in [0.15, 0.2) is 12.3 Å². The zero-order chi connectivity index (χ0) is 12.3. The summed E-state index contributed by atoms with van der Waals surface area (Å²) in [5, 5.41) is 9.06. The average Bonchev–Trinajstić information content (AvgIpc) is 2.39. The van der Waals surface area contributed by atoms with Crippen molar-refractivity contribution in [3.63, 3.8) is 0 Å². The summed E-state index contributed by atoms with van der Waals surface area (Å²) in [6, 6.07) is 3.92. The van der Waals surface area contributed by atoms with Gasteiger partial charge in [0.25, 0.3) is 0 Å². The molecule has 0 atom stereocenters. The van der Waals surface area contributed by atoms with Gasteiger partial charge in [-0.2, -0.15) is 5.26 Å². The number of hydrogen-bond donors (Lipinski definition) is 1. The van der Waals surface area contributed by atoms with Crippen molar-refractivity contribution < 1.29 is 4.74 Å². The summed E-state index contributed by atoms with van der Waals surface area (Å²) in [6.45, 7) is 1.77. The van der Waals surface area contributed by atoms with Gasteiger partial charge in [0.05, 0.1) is 17.4 Å². The minimum atomic E-state index is 0.330. The van der Waals surface area contributed by atoms with Gasteiger partial charge in [0, 0.05) is 32.5 Å². The Morgan fingerprint density at radius 3 is 2.82 bits per heavy atom. The maximum absolute atomic E-state index is 9.06. The number of ether oxygens (including phenoxy) is 1. The van der Waals surface area contributed by atoms with Crippen LogP contribution in [0.1, 0.15) is 18.4 Å². The number of aromatic nitrogens is 1. The second-order valence-corrected chi connectivity index (χ2v) is 4.16. The number of anilines is 2. The van der Waals surface area contributed by atoms with Crippen LogP contribution in [0.3, 0.4) is 0 Å². The third-order valence-electron chi connectivity index (χ3n) is 3.14. The van der Waals surface area contributed by atoms with Crippen LogP contribution in [0.2, 0.25) is 0 Å². The molecule has 0 aliphatic carbocycles. The van der Waals surface area contributed by atoms with Crippen molar-refractivity contribution >= 4 is 11.5 Å². The van der Waals surface area contributed by atoms with E-state index in [9.17, 15) is 0 Å². The van der Waals surface area contributed by atoms with Crippen LogP contribution in [0.4, 0.5) is 11.5 Å². The van der Waals surface area contributed by atoms with Crippen molar-refractivity contribution in [1.82, 2.24) is 4.98 Å². The zero-order valence-corrected chi connectivity index (χ0v) is 9.89. The van der Waals surface area contributed by atoms with Gasteiger partial charge in [-0.3, -0.25) is 0 Å². The maximum atomic E-state index is 9.06. The normalized spacial score (nSPS) is 16.8. The molecule has 0 saturated carbocycles. The molecule has 1 fully saturated rings. The van der Waals surface area contributed by atoms with Crippen molar-refractivity contribution in [3.8, 4) is 6.07 Å². The molecule has 1 aliphatic heterocycles. The third kappa shape index (κ3) is 2.48. The Labute approximate surface area is 101 Å². The summed E-state index contributed by atoms with van der Waals surface area (Å²) in [4.78, 5) is 6.11. The van der Waals surface area contributed by atoms with Gasteiger partial charge in [0.2, 0.25) is 0 Å². The minimum Gasteiger partial charge on any atom is -0.384 e. The highest BCUT2D eigenvalue weighted by Crippen LogP contribution is 2.25. The number of piperidine rings is 1. The maximum Gasteiger partial charge on any atom is 0.125 e. The zero-order valence-electron chi connectivity index (χ0n) is 9.89. The lowest BCUT2D eigenvalue weighted by Crippen LogP contribution is -2.37. The van der Waals surface area contributed by atoms with Gasteiger partial charge in [0.1, 0.15) is 11.9 Å². The Balaban J connectivity index is 2.18. The molecule has 0 bridgehead atoms. The molecule has 1 saturated heterocycles. The van der Waals surface area contributed by atoms with E-state index in [1.807, 2.05) is 0 Å². The molecule has 17 heavy (non-hydrogen) atoms. The molecule has 0 spiro atoms. The SMILES string of the molecule is COC1CCN(c2cc(N)ncc2C#N)CC1. The summed E-state index contributed by atoms with van der Waals surface area (Å²) in [5.74, 6) is 0.452. The number of nitrogens with two attached hydrogens (primary N) is 1. The summed E-state index contributed by atoms with van der Waals surface area (Å²) >= 11 is 0. The van der Waals surface area contributed by atoms with E-state index >= 15 is 0 Å². The summed E-state index contributed by atoms with van der Waals surface area (Å²) in [5.41, 5.74) is 7.13. The highest BCUT2D eigenvalue weighted by molar-refractivity contribution is 5.62. The van der Waals surface area contributed by atoms with Crippen LogP contribution < -0.4 is 10.6 Å². The first-order chi connectivity index (χ1) is 8.24. The first-order valence-corrected chi connectivity index (χ1v) is 5.68. The van der Waals surface area contributed by atoms with E-state index in [1.54, 1.807) is 13.2 Å². The van der Waals surface area contributed by atoms with E-state index in [-0.39, 0.29) is 0 Å². The third-order valence-corrected chi connectivity index (χ3v) is 3.14. The van der Waals surface area contributed by atoms with Crippen LogP contribution in [-0.4, -0.2) is 31.3 Å². The Kier molecular flexibility index (Phi) is 3.45. The number of hydrogen-bond acceptors (Lipinski definition) is 5. The fourth-order valence-corrected chi connectivity index (χ4v) is 2.14. The monoisotopic (exact) mass is 232 g/mol. The Hall–Kier alpha value is -1.80. The second kappa shape index (κ2) is 5.02. The Morgan fingerprint density at radius 2 is 2.24 bits per heavy atom. The van der Waals surface area contributed by atoms with Crippen LogP contribution in [-0.2, 0) is 4.74 Å². The van der Waals surface area contributed by atoms with Crippen LogP contribution in [0.25, 0.3) is 0 Å². The standard InChI is InChI=1S/C12H16N4O/c1-17-10-2-4-16(5-3-10)11-6-12(14)15-8-9(11)7-13/h6,8,10H,2-5H2,1H3,(H2,14,15). The number of methoxy groups -OCH3 is 1. The predicted molar refractivity (Wildman–Crippen MR) is 65.6 cm³/mol. The highest BCUT2D eigenvalue weighted by atomic mass is 16.5. The molecule has 0 unspecified atom stereocenters. The smallest absolute Gasteiger partial charge is 0.125 e. The number of nitrogen functional groups attached to an aromatic ring is 1. The largest absolute Gasteiger partial charge is 0.384 e. The molecular weight excluding hydrogens is 216 g/mol. The van der Waals surface area contributed by atoms with Gasteiger partial charge in [-0.1, -0.05) is 0 Å². The summed E-state index contributed by atoms with van der Waals surface area (Å²) in [6.07, 6.45) is 3.82. The van der Waals surface area contributed by atoms with Crippen molar-refractivity contribution in [2.75, 3.05) is 30.8 Å². The van der Waals surface area contributed by atoms with Crippen molar-refractivity contribution in [2.24, 2.45) is 0 Å². The van der Waals surface area contributed by atoms with Gasteiger partial charge in [-0.15, -0.1) is 0 Å². The van der Waals surface area contributed by atoms with E-state index in [1.165, 1.54) is 6.20 Å². The Bertz CT molecular complexity index is 433. The lowest BCUT2D eigenvalue weighted by Gasteiger charge is -2.33. The fraction of sp³-hybridized carbons (Fsp3) is 0.500. The molecule has 1 aliphatic rings. The summed E-state index contributed by atoms with van der Waals surface area (Å²) in [7, 11) is 1.74. The topological polar surface area (TPSA) is 75.2 Å². The molecule has 0 aromatic carbocycles. The van der Waals surface area contributed by atoms with Crippen LogP contribution in [0, 0.1) is 11.3 Å². The average molecular weight is 232 g/mol. The number of nitrogens with zero attached hydrogens (tertiary/aromatic N) is 3. The minimum absolute atomic E-state index is 0.330. The van der Waals surface area contributed by atoms with E-state index in [0.29, 0.717) is 17.5 Å². The van der Waals surface area contributed by atoms with E-state index in [2.05, 4.69) is 16.0 Å². The predicted octanol–water partition coefficient (Wildman–Crippen LogP) is 1.15. The fourth-order valence-electron chi connectivity index (χ4n) is 2.14. The molecule has 2 rings (SSSR count). The summed E-state index contributed by atoms with van der Waals surface area (Å²) < 4.78 is 5.33. The lowest BCUT2D eigenvalue weighted by molar-refractivity contribution is 0.0819. The van der Waals surface area contributed by atoms with Gasteiger partial charge < -0.3 is 15.4 Å². The molecular formula is C12H16N4O. The van der Waals surface area contributed by atoms with E-state index in [4.69, 9.17) is 15.7 Å². The second-order valence-electron chi connectivity index (χ2n) is 4.16. The molecule has 90 valence electrons. The molecule has 5 heteroatoms. The van der Waals surface area contributed by atoms with Crippen LogP contribution >= 0.6 is 0 Å². The van der Waals surface area contributed by atoms with E-state index < -0.39 is 0 Å². The molecule has 1 aromatic heterocycles. The molecule has 2 heterocycles. The first kappa shape index (κ1) is 11.7. The van der Waals surface area contributed by atoms with Crippen molar-refractivity contribution in [3.05, 3.63) is 17.8 Å². The lowest BCUT2D eigenvalue weighted by atomic mass is 10.1. The first-order valence-electron chi connectivity index (χ1n) is 5.68. The molecule has 5 nitrogen and oxygen atoms in total. The molecule has 0 radical (unpaired) electrons. The van der Waals surface area contributed by atoms with Gasteiger partial charge in [0.15, 0.2) is 0 Å². The quantitative estimate of drug-likeness (QED) is 0.827. The Morgan fingerprint density at radius 1 is 1.53 bits per heavy atom. The van der Waals surface area contributed by atoms with Gasteiger partial charge >= 0.3 is 0 Å². The number of pyridine rings is 1. The molecule has 0 amide bonds. The van der Waals surface area contributed by atoms with Crippen molar-refractivity contribution in [1.29, 1.82) is 5.26 Å². The number of rotatable bonds is 2. The van der Waals surface area contributed by atoms with Crippen LogP contribution in [0.5, 0.6) is 0 Å². The van der Waals surface area contributed by atoms with Crippen molar-refractivity contribution in [2.45, 2.75) is 18.9 Å². The highest BCUT2D eigenvalue weighted by Gasteiger charge is 2.21. The van der Waals surface area contributed by atoms with Gasteiger partial charge in [-0.05, 0) is 12.8 Å². The molecule has 1 aromatic rings. The van der Waals surface area contributed by atoms with E-state index in [0.717, 1.165) is 31.6 Å². The molecule has 2 N–H and O–H groups in total.